The number of nitrogens with one attached hydrogen (secondary N) is 1. The number of thiophene rings is 1. The maximum Gasteiger partial charge on any atom is 0.127 e. The highest BCUT2D eigenvalue weighted by Crippen LogP contribution is 2.28. The van der Waals surface area contributed by atoms with Crippen LogP contribution in [-0.2, 0) is 6.42 Å². The number of likely N-dealkylation sites (N-methyl/N-ethyl adjacent to an activating group) is 1. The van der Waals surface area contributed by atoms with Crippen molar-refractivity contribution in [3.8, 4) is 0 Å². The van der Waals surface area contributed by atoms with Crippen LogP contribution < -0.4 is 5.32 Å². The standard InChI is InChI=1S/C15H17BrFNS/c1-3-18-14(15-10(2)6-7-19-15)8-11-4-5-12(16)9-13(11)17/h4-7,9,14,18H,3,8H2,1-2H3. The fraction of sp³-hybridized carbons (Fsp3) is 0.333. The Morgan fingerprint density at radius 1 is 1.37 bits per heavy atom. The fourth-order valence-corrected chi connectivity index (χ4v) is 3.49. The summed E-state index contributed by atoms with van der Waals surface area (Å²) >= 11 is 5.02. The summed E-state index contributed by atoms with van der Waals surface area (Å²) in [7, 11) is 0. The molecule has 1 aromatic carbocycles. The molecule has 0 saturated carbocycles. The van der Waals surface area contributed by atoms with Gasteiger partial charge in [0.25, 0.3) is 0 Å². The lowest BCUT2D eigenvalue weighted by atomic mass is 10.0. The smallest absolute Gasteiger partial charge is 0.127 e. The van der Waals surface area contributed by atoms with E-state index < -0.39 is 0 Å². The molecule has 1 N–H and O–H groups in total. The predicted octanol–water partition coefficient (Wildman–Crippen LogP) is 4.85. The van der Waals surface area contributed by atoms with Gasteiger partial charge in [0.2, 0.25) is 0 Å². The second-order valence-electron chi connectivity index (χ2n) is 4.52. The van der Waals surface area contributed by atoms with Gasteiger partial charge in [-0.2, -0.15) is 0 Å². The van der Waals surface area contributed by atoms with E-state index in [1.165, 1.54) is 16.5 Å². The minimum absolute atomic E-state index is 0.147. The Morgan fingerprint density at radius 3 is 2.74 bits per heavy atom. The Bertz CT molecular complexity index is 553. The number of halogens is 2. The molecule has 0 fully saturated rings. The van der Waals surface area contributed by atoms with Gasteiger partial charge < -0.3 is 5.32 Å². The zero-order valence-corrected chi connectivity index (χ0v) is 13.4. The highest BCUT2D eigenvalue weighted by Gasteiger charge is 2.16. The molecule has 0 saturated heterocycles. The third-order valence-electron chi connectivity index (χ3n) is 3.11. The fourth-order valence-electron chi connectivity index (χ4n) is 2.15. The number of benzene rings is 1. The van der Waals surface area contributed by atoms with Crippen LogP contribution in [0.2, 0.25) is 0 Å². The lowest BCUT2D eigenvalue weighted by Gasteiger charge is -2.18. The Kier molecular flexibility index (Phi) is 5.13. The lowest BCUT2D eigenvalue weighted by molar-refractivity contribution is 0.532. The Labute approximate surface area is 126 Å². The van der Waals surface area contributed by atoms with Gasteiger partial charge in [0.1, 0.15) is 5.82 Å². The Balaban J connectivity index is 2.24. The van der Waals surface area contributed by atoms with Crippen molar-refractivity contribution < 1.29 is 4.39 Å². The first-order valence-electron chi connectivity index (χ1n) is 6.33. The second kappa shape index (κ2) is 6.64. The maximum absolute atomic E-state index is 13.9. The van der Waals surface area contributed by atoms with Crippen LogP contribution in [0.4, 0.5) is 4.39 Å². The van der Waals surface area contributed by atoms with Crippen molar-refractivity contribution in [3.63, 3.8) is 0 Å². The minimum Gasteiger partial charge on any atom is -0.309 e. The van der Waals surface area contributed by atoms with Crippen LogP contribution >= 0.6 is 27.3 Å². The second-order valence-corrected chi connectivity index (χ2v) is 6.38. The zero-order chi connectivity index (χ0) is 13.8. The zero-order valence-electron chi connectivity index (χ0n) is 11.0. The molecule has 0 aliphatic heterocycles. The van der Waals surface area contributed by atoms with E-state index >= 15 is 0 Å². The maximum atomic E-state index is 13.9. The molecule has 0 bridgehead atoms. The lowest BCUT2D eigenvalue weighted by Crippen LogP contribution is -2.23. The third kappa shape index (κ3) is 3.65. The topological polar surface area (TPSA) is 12.0 Å². The highest BCUT2D eigenvalue weighted by molar-refractivity contribution is 9.10. The van der Waals surface area contributed by atoms with Crippen molar-refractivity contribution >= 4 is 27.3 Å². The van der Waals surface area contributed by atoms with Crippen LogP contribution in [-0.4, -0.2) is 6.54 Å². The largest absolute Gasteiger partial charge is 0.309 e. The van der Waals surface area contributed by atoms with Crippen LogP contribution in [0.3, 0.4) is 0 Å². The van der Waals surface area contributed by atoms with Gasteiger partial charge in [-0.25, -0.2) is 4.39 Å². The number of rotatable bonds is 5. The van der Waals surface area contributed by atoms with E-state index in [-0.39, 0.29) is 11.9 Å². The monoisotopic (exact) mass is 341 g/mol. The van der Waals surface area contributed by atoms with Gasteiger partial charge in [-0.3, -0.25) is 0 Å². The molecule has 0 aliphatic carbocycles. The molecule has 1 nitrogen and oxygen atoms in total. The molecule has 1 aromatic heterocycles. The van der Waals surface area contributed by atoms with E-state index in [1.54, 1.807) is 11.3 Å². The van der Waals surface area contributed by atoms with E-state index in [4.69, 9.17) is 0 Å². The van der Waals surface area contributed by atoms with E-state index in [1.807, 2.05) is 12.1 Å². The Morgan fingerprint density at radius 2 is 2.16 bits per heavy atom. The quantitative estimate of drug-likeness (QED) is 0.819. The van der Waals surface area contributed by atoms with Crippen molar-refractivity contribution in [1.82, 2.24) is 5.32 Å². The first-order valence-corrected chi connectivity index (χ1v) is 8.00. The van der Waals surface area contributed by atoms with Crippen LogP contribution in [0.5, 0.6) is 0 Å². The summed E-state index contributed by atoms with van der Waals surface area (Å²) in [5.74, 6) is -0.147. The van der Waals surface area contributed by atoms with Crippen LogP contribution in [0.1, 0.15) is 29.0 Å². The average Bonchev–Trinajstić information content (AvgIpc) is 2.78. The number of hydrogen-bond acceptors (Lipinski definition) is 2. The normalized spacial score (nSPS) is 12.6. The molecule has 0 spiro atoms. The molecule has 1 unspecified atom stereocenters. The third-order valence-corrected chi connectivity index (χ3v) is 4.73. The molecule has 19 heavy (non-hydrogen) atoms. The predicted molar refractivity (Wildman–Crippen MR) is 83.3 cm³/mol. The molecule has 0 aliphatic rings. The van der Waals surface area contributed by atoms with Crippen molar-refractivity contribution in [2.45, 2.75) is 26.3 Å². The highest BCUT2D eigenvalue weighted by atomic mass is 79.9. The van der Waals surface area contributed by atoms with E-state index in [0.29, 0.717) is 6.42 Å². The molecule has 0 amide bonds. The Hall–Kier alpha value is -0.710. The van der Waals surface area contributed by atoms with Crippen molar-refractivity contribution in [2.75, 3.05) is 6.54 Å². The SMILES string of the molecule is CCNC(Cc1ccc(Br)cc1F)c1sccc1C. The van der Waals surface area contributed by atoms with E-state index in [0.717, 1.165) is 16.6 Å². The summed E-state index contributed by atoms with van der Waals surface area (Å²) < 4.78 is 14.7. The van der Waals surface area contributed by atoms with E-state index in [9.17, 15) is 4.39 Å². The molecular weight excluding hydrogens is 325 g/mol. The summed E-state index contributed by atoms with van der Waals surface area (Å²) in [6, 6.07) is 7.57. The summed E-state index contributed by atoms with van der Waals surface area (Å²) in [6.07, 6.45) is 0.675. The molecule has 1 atom stereocenters. The van der Waals surface area contributed by atoms with Crippen LogP contribution in [0.25, 0.3) is 0 Å². The molecule has 4 heteroatoms. The molecule has 2 rings (SSSR count). The van der Waals surface area contributed by atoms with Crippen LogP contribution in [0.15, 0.2) is 34.1 Å². The van der Waals surface area contributed by atoms with Gasteiger partial charge in [0, 0.05) is 15.4 Å². The molecule has 2 aromatic rings. The minimum atomic E-state index is -0.147. The van der Waals surface area contributed by atoms with Gasteiger partial charge >= 0.3 is 0 Å². The van der Waals surface area contributed by atoms with Gasteiger partial charge in [-0.15, -0.1) is 11.3 Å². The van der Waals surface area contributed by atoms with Crippen molar-refractivity contribution in [1.29, 1.82) is 0 Å². The van der Waals surface area contributed by atoms with Gasteiger partial charge in [-0.1, -0.05) is 28.9 Å². The van der Waals surface area contributed by atoms with Crippen molar-refractivity contribution in [2.24, 2.45) is 0 Å². The number of hydrogen-bond donors (Lipinski definition) is 1. The summed E-state index contributed by atoms with van der Waals surface area (Å²) in [5.41, 5.74) is 2.02. The van der Waals surface area contributed by atoms with Crippen molar-refractivity contribution in [3.05, 3.63) is 55.9 Å². The summed E-state index contributed by atoms with van der Waals surface area (Å²) in [4.78, 5) is 1.30. The van der Waals surface area contributed by atoms with Gasteiger partial charge in [0.05, 0.1) is 0 Å². The molecular formula is C15H17BrFNS. The average molecular weight is 342 g/mol. The summed E-state index contributed by atoms with van der Waals surface area (Å²) in [5, 5.41) is 5.54. The first-order chi connectivity index (χ1) is 9.11. The van der Waals surface area contributed by atoms with Gasteiger partial charge in [-0.05, 0) is 54.6 Å². The van der Waals surface area contributed by atoms with Gasteiger partial charge in [0.15, 0.2) is 0 Å². The first kappa shape index (κ1) is 14.7. The van der Waals surface area contributed by atoms with Crippen LogP contribution in [0, 0.1) is 12.7 Å². The molecule has 1 heterocycles. The summed E-state index contributed by atoms with van der Waals surface area (Å²) in [6.45, 7) is 5.06. The number of aryl methyl sites for hydroxylation is 1. The van der Waals surface area contributed by atoms with E-state index in [2.05, 4.69) is 46.5 Å². The molecule has 0 radical (unpaired) electrons. The molecule has 102 valence electrons.